The number of carboxylic acids is 1. The van der Waals surface area contributed by atoms with Crippen LogP contribution in [0.3, 0.4) is 0 Å². The number of carbonyl (C=O) groups is 2. The highest BCUT2D eigenvalue weighted by Crippen LogP contribution is 2.12. The molecule has 106 valence electrons. The normalized spacial score (nSPS) is 10.8. The SMILES string of the molecule is Cc1n[nH]c(C)c1C(=O)N(CCN(C)C)CC(=O)O. The summed E-state index contributed by atoms with van der Waals surface area (Å²) in [6, 6.07) is 0. The smallest absolute Gasteiger partial charge is 0.323 e. The van der Waals surface area contributed by atoms with E-state index in [2.05, 4.69) is 10.2 Å². The number of rotatable bonds is 6. The van der Waals surface area contributed by atoms with Crippen LogP contribution in [0, 0.1) is 13.8 Å². The number of carbonyl (C=O) groups excluding carboxylic acids is 1. The fourth-order valence-electron chi connectivity index (χ4n) is 1.76. The van der Waals surface area contributed by atoms with Gasteiger partial charge in [0, 0.05) is 18.8 Å². The molecular weight excluding hydrogens is 248 g/mol. The van der Waals surface area contributed by atoms with Gasteiger partial charge in [-0.3, -0.25) is 14.7 Å². The van der Waals surface area contributed by atoms with Gasteiger partial charge in [-0.1, -0.05) is 0 Å². The average molecular weight is 268 g/mol. The first kappa shape index (κ1) is 15.2. The van der Waals surface area contributed by atoms with Crippen LogP contribution in [0.4, 0.5) is 0 Å². The Bertz CT molecular complexity index is 448. The van der Waals surface area contributed by atoms with E-state index >= 15 is 0 Å². The Kier molecular flexibility index (Phi) is 5.05. The molecule has 0 atom stereocenters. The lowest BCUT2D eigenvalue weighted by molar-refractivity contribution is -0.137. The first-order valence-corrected chi connectivity index (χ1v) is 6.00. The van der Waals surface area contributed by atoms with E-state index in [9.17, 15) is 9.59 Å². The summed E-state index contributed by atoms with van der Waals surface area (Å²) >= 11 is 0. The monoisotopic (exact) mass is 268 g/mol. The van der Waals surface area contributed by atoms with Crippen molar-refractivity contribution in [3.8, 4) is 0 Å². The molecule has 1 amide bonds. The molecule has 1 heterocycles. The molecule has 19 heavy (non-hydrogen) atoms. The number of aliphatic carboxylic acids is 1. The second kappa shape index (κ2) is 6.33. The third-order valence-electron chi connectivity index (χ3n) is 2.77. The molecule has 0 aliphatic carbocycles. The van der Waals surface area contributed by atoms with Crippen molar-refractivity contribution in [3.63, 3.8) is 0 Å². The summed E-state index contributed by atoms with van der Waals surface area (Å²) in [6.45, 7) is 4.13. The molecule has 0 unspecified atom stereocenters. The molecule has 1 aromatic rings. The molecule has 0 bridgehead atoms. The molecule has 0 radical (unpaired) electrons. The van der Waals surface area contributed by atoms with Gasteiger partial charge in [0.2, 0.25) is 0 Å². The van der Waals surface area contributed by atoms with Gasteiger partial charge >= 0.3 is 5.97 Å². The minimum Gasteiger partial charge on any atom is -0.480 e. The number of likely N-dealkylation sites (N-methyl/N-ethyl adjacent to an activating group) is 1. The van der Waals surface area contributed by atoms with E-state index in [1.165, 1.54) is 4.90 Å². The second-order valence-corrected chi connectivity index (χ2v) is 4.73. The van der Waals surface area contributed by atoms with Gasteiger partial charge in [0.25, 0.3) is 5.91 Å². The van der Waals surface area contributed by atoms with Crippen molar-refractivity contribution in [1.82, 2.24) is 20.0 Å². The summed E-state index contributed by atoms with van der Waals surface area (Å²) in [4.78, 5) is 26.5. The third-order valence-corrected chi connectivity index (χ3v) is 2.77. The number of nitrogens with zero attached hydrogens (tertiary/aromatic N) is 3. The quantitative estimate of drug-likeness (QED) is 0.764. The van der Waals surface area contributed by atoms with Gasteiger partial charge in [0.05, 0.1) is 11.3 Å². The fraction of sp³-hybridized carbons (Fsp3) is 0.583. The zero-order chi connectivity index (χ0) is 14.6. The second-order valence-electron chi connectivity index (χ2n) is 4.73. The van der Waals surface area contributed by atoms with E-state index in [1.807, 2.05) is 19.0 Å². The first-order chi connectivity index (χ1) is 8.82. The van der Waals surface area contributed by atoms with Crippen molar-refractivity contribution in [3.05, 3.63) is 17.0 Å². The minimum atomic E-state index is -1.02. The zero-order valence-electron chi connectivity index (χ0n) is 11.7. The maximum Gasteiger partial charge on any atom is 0.323 e. The van der Waals surface area contributed by atoms with E-state index in [4.69, 9.17) is 5.11 Å². The van der Waals surface area contributed by atoms with Gasteiger partial charge in [0.1, 0.15) is 6.54 Å². The van der Waals surface area contributed by atoms with E-state index < -0.39 is 5.97 Å². The predicted molar refractivity (Wildman–Crippen MR) is 70.2 cm³/mol. The maximum atomic E-state index is 12.4. The Balaban J connectivity index is 2.90. The molecule has 0 aliphatic rings. The fourth-order valence-corrected chi connectivity index (χ4v) is 1.76. The topological polar surface area (TPSA) is 89.5 Å². The van der Waals surface area contributed by atoms with Crippen molar-refractivity contribution in [1.29, 1.82) is 0 Å². The predicted octanol–water partition coefficient (Wildman–Crippen LogP) is 0.115. The summed E-state index contributed by atoms with van der Waals surface area (Å²) in [5, 5.41) is 15.6. The molecule has 0 fully saturated rings. The number of nitrogens with one attached hydrogen (secondary N) is 1. The number of H-pyrrole nitrogens is 1. The number of amides is 1. The Morgan fingerprint density at radius 1 is 1.26 bits per heavy atom. The Morgan fingerprint density at radius 2 is 1.89 bits per heavy atom. The standard InChI is InChI=1S/C12H20N4O3/c1-8-11(9(2)14-13-8)12(19)16(7-10(17)18)6-5-15(3)4/h5-7H2,1-4H3,(H,13,14)(H,17,18). The van der Waals surface area contributed by atoms with E-state index in [-0.39, 0.29) is 12.5 Å². The Hall–Kier alpha value is -1.89. The van der Waals surface area contributed by atoms with Crippen molar-refractivity contribution in [2.24, 2.45) is 0 Å². The molecule has 0 aliphatic heterocycles. The molecule has 0 aromatic carbocycles. The van der Waals surface area contributed by atoms with Gasteiger partial charge in [-0.2, -0.15) is 5.10 Å². The van der Waals surface area contributed by atoms with Gasteiger partial charge in [-0.05, 0) is 27.9 Å². The van der Waals surface area contributed by atoms with Crippen LogP contribution in [0.5, 0.6) is 0 Å². The molecule has 2 N–H and O–H groups in total. The molecule has 0 saturated heterocycles. The molecular formula is C12H20N4O3. The maximum absolute atomic E-state index is 12.4. The highest BCUT2D eigenvalue weighted by molar-refractivity contribution is 5.97. The van der Waals surface area contributed by atoms with Gasteiger partial charge in [-0.25, -0.2) is 0 Å². The number of hydrogen-bond acceptors (Lipinski definition) is 4. The van der Waals surface area contributed by atoms with Crippen molar-refractivity contribution >= 4 is 11.9 Å². The highest BCUT2D eigenvalue weighted by atomic mass is 16.4. The molecule has 0 spiro atoms. The van der Waals surface area contributed by atoms with E-state index in [0.29, 0.717) is 30.0 Å². The molecule has 1 rings (SSSR count). The van der Waals surface area contributed by atoms with Crippen LogP contribution < -0.4 is 0 Å². The van der Waals surface area contributed by atoms with Crippen LogP contribution in [0.25, 0.3) is 0 Å². The van der Waals surface area contributed by atoms with Crippen LogP contribution in [-0.2, 0) is 4.79 Å². The largest absolute Gasteiger partial charge is 0.480 e. The zero-order valence-corrected chi connectivity index (χ0v) is 11.7. The van der Waals surface area contributed by atoms with Crippen molar-refractivity contribution < 1.29 is 14.7 Å². The molecule has 7 nitrogen and oxygen atoms in total. The van der Waals surface area contributed by atoms with Crippen molar-refractivity contribution in [2.75, 3.05) is 33.7 Å². The van der Waals surface area contributed by atoms with E-state index in [0.717, 1.165) is 0 Å². The summed E-state index contributed by atoms with van der Waals surface area (Å²) in [5.41, 5.74) is 1.70. The number of carboxylic acid groups (broad SMARTS) is 1. The van der Waals surface area contributed by atoms with Crippen LogP contribution in [0.2, 0.25) is 0 Å². The van der Waals surface area contributed by atoms with Gasteiger partial charge in [-0.15, -0.1) is 0 Å². The molecule has 0 saturated carbocycles. The summed E-state index contributed by atoms with van der Waals surface area (Å²) < 4.78 is 0. The number of hydrogen-bond donors (Lipinski definition) is 2. The highest BCUT2D eigenvalue weighted by Gasteiger charge is 2.23. The third kappa shape index (κ3) is 4.06. The van der Waals surface area contributed by atoms with Crippen LogP contribution in [0.15, 0.2) is 0 Å². The van der Waals surface area contributed by atoms with Crippen LogP contribution in [0.1, 0.15) is 21.7 Å². The molecule has 1 aromatic heterocycles. The molecule has 7 heteroatoms. The number of aryl methyl sites for hydroxylation is 2. The van der Waals surface area contributed by atoms with E-state index in [1.54, 1.807) is 13.8 Å². The van der Waals surface area contributed by atoms with Crippen LogP contribution in [-0.4, -0.2) is 70.7 Å². The number of aromatic nitrogens is 2. The summed E-state index contributed by atoms with van der Waals surface area (Å²) in [5.74, 6) is -1.32. The van der Waals surface area contributed by atoms with Gasteiger partial charge < -0.3 is 14.9 Å². The first-order valence-electron chi connectivity index (χ1n) is 6.00. The van der Waals surface area contributed by atoms with Crippen molar-refractivity contribution in [2.45, 2.75) is 13.8 Å². The average Bonchev–Trinajstić information content (AvgIpc) is 2.63. The Labute approximate surface area is 112 Å². The lowest BCUT2D eigenvalue weighted by atomic mass is 10.1. The summed E-state index contributed by atoms with van der Waals surface area (Å²) in [6.07, 6.45) is 0. The van der Waals surface area contributed by atoms with Crippen LogP contribution >= 0.6 is 0 Å². The number of aromatic amines is 1. The minimum absolute atomic E-state index is 0.298. The summed E-state index contributed by atoms with van der Waals surface area (Å²) in [7, 11) is 3.75. The lowest BCUT2D eigenvalue weighted by Crippen LogP contribution is -2.40. The van der Waals surface area contributed by atoms with Gasteiger partial charge in [0.15, 0.2) is 0 Å². The Morgan fingerprint density at radius 3 is 2.32 bits per heavy atom. The lowest BCUT2D eigenvalue weighted by Gasteiger charge is -2.22.